The van der Waals surface area contributed by atoms with Gasteiger partial charge in [-0.1, -0.05) is 34.8 Å². The van der Waals surface area contributed by atoms with Crippen molar-refractivity contribution in [3.05, 3.63) is 45.8 Å². The van der Waals surface area contributed by atoms with E-state index in [2.05, 4.69) is 9.97 Å². The monoisotopic (exact) mass is 258 g/mol. The molecule has 0 N–H and O–H groups in total. The molecule has 0 aromatic carbocycles. The largest absolute Gasteiger partial charge is 0.265 e. The van der Waals surface area contributed by atoms with Crippen molar-refractivity contribution in [1.82, 2.24) is 9.97 Å². The molecule has 0 radical (unpaired) electrons. The lowest BCUT2D eigenvalue weighted by molar-refractivity contribution is 1.29. The van der Waals surface area contributed by atoms with Crippen molar-refractivity contribution in [1.29, 1.82) is 0 Å². The van der Waals surface area contributed by atoms with Crippen molar-refractivity contribution in [3.63, 3.8) is 0 Å². The van der Waals surface area contributed by atoms with E-state index in [-0.39, 0.29) is 5.15 Å². The van der Waals surface area contributed by atoms with Crippen LogP contribution in [0.3, 0.4) is 0 Å². The molecule has 0 amide bonds. The average Bonchev–Trinajstić information content (AvgIpc) is 2.25. The minimum absolute atomic E-state index is 0.243. The molecule has 2 heterocycles. The van der Waals surface area contributed by atoms with Gasteiger partial charge in [0.05, 0.1) is 15.7 Å². The number of halogens is 3. The Balaban J connectivity index is 2.59. The van der Waals surface area contributed by atoms with Gasteiger partial charge in [0, 0.05) is 18.0 Å². The Morgan fingerprint density at radius 2 is 1.60 bits per heavy atom. The molecular formula is C10H5Cl3N2. The van der Waals surface area contributed by atoms with Crippen molar-refractivity contribution < 1.29 is 0 Å². The fraction of sp³-hybridized carbons (Fsp3) is 0. The summed E-state index contributed by atoms with van der Waals surface area (Å²) in [6.07, 6.45) is 3.33. The Labute approximate surface area is 102 Å². The SMILES string of the molecule is Clc1cc(Cl)c(-c2ccncc2)nc1Cl. The minimum atomic E-state index is 0.243. The van der Waals surface area contributed by atoms with Crippen LogP contribution in [-0.4, -0.2) is 9.97 Å². The summed E-state index contributed by atoms with van der Waals surface area (Å²) >= 11 is 17.6. The van der Waals surface area contributed by atoms with Crippen LogP contribution in [0.25, 0.3) is 11.3 Å². The molecule has 2 rings (SSSR count). The molecule has 0 bridgehead atoms. The maximum Gasteiger partial charge on any atom is 0.148 e. The molecule has 15 heavy (non-hydrogen) atoms. The quantitative estimate of drug-likeness (QED) is 0.721. The van der Waals surface area contributed by atoms with Crippen molar-refractivity contribution >= 4 is 34.8 Å². The summed E-state index contributed by atoms with van der Waals surface area (Å²) in [7, 11) is 0. The van der Waals surface area contributed by atoms with Crippen LogP contribution < -0.4 is 0 Å². The molecule has 0 fully saturated rings. The van der Waals surface area contributed by atoms with Gasteiger partial charge < -0.3 is 0 Å². The van der Waals surface area contributed by atoms with Crippen molar-refractivity contribution in [3.8, 4) is 11.3 Å². The Morgan fingerprint density at radius 1 is 0.933 bits per heavy atom. The molecule has 0 aliphatic heterocycles. The van der Waals surface area contributed by atoms with Crippen LogP contribution in [0.4, 0.5) is 0 Å². The summed E-state index contributed by atoms with van der Waals surface area (Å²) in [6, 6.07) is 5.19. The van der Waals surface area contributed by atoms with E-state index >= 15 is 0 Å². The summed E-state index contributed by atoms with van der Waals surface area (Å²) < 4.78 is 0. The summed E-state index contributed by atoms with van der Waals surface area (Å²) in [5.74, 6) is 0. The number of aromatic nitrogens is 2. The maximum atomic E-state index is 6.01. The molecule has 2 aromatic rings. The van der Waals surface area contributed by atoms with Crippen LogP contribution in [0.1, 0.15) is 0 Å². The van der Waals surface area contributed by atoms with E-state index in [0.717, 1.165) is 5.56 Å². The first-order valence-electron chi connectivity index (χ1n) is 4.10. The summed E-state index contributed by atoms with van der Waals surface area (Å²) in [6.45, 7) is 0. The van der Waals surface area contributed by atoms with Gasteiger partial charge in [-0.3, -0.25) is 4.98 Å². The molecule has 2 nitrogen and oxygen atoms in total. The Hall–Kier alpha value is -0.830. The van der Waals surface area contributed by atoms with Gasteiger partial charge in [0.2, 0.25) is 0 Å². The Kier molecular flexibility index (Phi) is 3.10. The average molecular weight is 260 g/mol. The van der Waals surface area contributed by atoms with Crippen LogP contribution in [0, 0.1) is 0 Å². The fourth-order valence-corrected chi connectivity index (χ4v) is 1.76. The molecule has 0 saturated heterocycles. The highest BCUT2D eigenvalue weighted by atomic mass is 35.5. The van der Waals surface area contributed by atoms with Crippen molar-refractivity contribution in [2.45, 2.75) is 0 Å². The summed E-state index contributed by atoms with van der Waals surface area (Å²) in [5.41, 5.74) is 1.46. The second-order valence-corrected chi connectivity index (χ2v) is 4.00. The first kappa shape index (κ1) is 10.7. The molecule has 0 saturated carbocycles. The standard InChI is InChI=1S/C10H5Cl3N2/c11-7-5-8(12)10(13)15-9(7)6-1-3-14-4-2-6/h1-5H. The zero-order chi connectivity index (χ0) is 10.8. The highest BCUT2D eigenvalue weighted by Crippen LogP contribution is 2.31. The summed E-state index contributed by atoms with van der Waals surface area (Å²) in [5, 5.41) is 1.06. The topological polar surface area (TPSA) is 25.8 Å². The lowest BCUT2D eigenvalue weighted by Gasteiger charge is -2.04. The lowest BCUT2D eigenvalue weighted by Crippen LogP contribution is -1.87. The van der Waals surface area contributed by atoms with Gasteiger partial charge >= 0.3 is 0 Å². The predicted molar refractivity (Wildman–Crippen MR) is 62.5 cm³/mol. The van der Waals surface area contributed by atoms with Crippen molar-refractivity contribution in [2.24, 2.45) is 0 Å². The second kappa shape index (κ2) is 4.35. The third-order valence-electron chi connectivity index (χ3n) is 1.84. The van der Waals surface area contributed by atoms with Crippen molar-refractivity contribution in [2.75, 3.05) is 0 Å². The van der Waals surface area contributed by atoms with E-state index in [0.29, 0.717) is 15.7 Å². The number of pyridine rings is 2. The van der Waals surface area contributed by atoms with Crippen LogP contribution >= 0.6 is 34.8 Å². The number of nitrogens with zero attached hydrogens (tertiary/aromatic N) is 2. The fourth-order valence-electron chi connectivity index (χ4n) is 1.16. The third kappa shape index (κ3) is 2.23. The van der Waals surface area contributed by atoms with Crippen LogP contribution in [0.15, 0.2) is 30.6 Å². The van der Waals surface area contributed by atoms with E-state index in [1.807, 2.05) is 0 Å². The van der Waals surface area contributed by atoms with Gasteiger partial charge in [-0.05, 0) is 18.2 Å². The molecule has 0 aliphatic carbocycles. The molecule has 76 valence electrons. The van der Waals surface area contributed by atoms with Gasteiger partial charge in [-0.15, -0.1) is 0 Å². The minimum Gasteiger partial charge on any atom is -0.265 e. The van der Waals surface area contributed by atoms with E-state index in [1.54, 1.807) is 30.6 Å². The molecule has 0 spiro atoms. The molecule has 0 atom stereocenters. The predicted octanol–water partition coefficient (Wildman–Crippen LogP) is 4.10. The lowest BCUT2D eigenvalue weighted by atomic mass is 10.2. The number of hydrogen-bond acceptors (Lipinski definition) is 2. The van der Waals surface area contributed by atoms with Gasteiger partial charge in [-0.25, -0.2) is 4.98 Å². The zero-order valence-corrected chi connectivity index (χ0v) is 9.68. The van der Waals surface area contributed by atoms with Gasteiger partial charge in [0.25, 0.3) is 0 Å². The molecule has 5 heteroatoms. The van der Waals surface area contributed by atoms with Crippen LogP contribution in [0.5, 0.6) is 0 Å². The van der Waals surface area contributed by atoms with E-state index in [1.165, 1.54) is 0 Å². The number of hydrogen-bond donors (Lipinski definition) is 0. The smallest absolute Gasteiger partial charge is 0.148 e. The third-order valence-corrected chi connectivity index (χ3v) is 2.80. The zero-order valence-electron chi connectivity index (χ0n) is 7.42. The molecule has 2 aromatic heterocycles. The van der Waals surface area contributed by atoms with E-state index in [9.17, 15) is 0 Å². The van der Waals surface area contributed by atoms with Crippen LogP contribution in [-0.2, 0) is 0 Å². The first-order valence-corrected chi connectivity index (χ1v) is 5.24. The van der Waals surface area contributed by atoms with Gasteiger partial charge in [-0.2, -0.15) is 0 Å². The van der Waals surface area contributed by atoms with Crippen LogP contribution in [0.2, 0.25) is 15.2 Å². The number of rotatable bonds is 1. The summed E-state index contributed by atoms with van der Waals surface area (Å²) in [4.78, 5) is 8.03. The van der Waals surface area contributed by atoms with Gasteiger partial charge in [0.1, 0.15) is 5.15 Å². The Bertz CT molecular complexity index is 486. The van der Waals surface area contributed by atoms with E-state index in [4.69, 9.17) is 34.8 Å². The van der Waals surface area contributed by atoms with Gasteiger partial charge in [0.15, 0.2) is 0 Å². The normalized spacial score (nSPS) is 10.3. The second-order valence-electron chi connectivity index (χ2n) is 2.83. The Morgan fingerprint density at radius 3 is 2.27 bits per heavy atom. The first-order chi connectivity index (χ1) is 7.18. The highest BCUT2D eigenvalue weighted by Gasteiger charge is 2.09. The molecule has 0 unspecified atom stereocenters. The highest BCUT2D eigenvalue weighted by molar-refractivity contribution is 6.42. The van der Waals surface area contributed by atoms with E-state index < -0.39 is 0 Å². The molecular weight excluding hydrogens is 254 g/mol. The molecule has 0 aliphatic rings. The maximum absolute atomic E-state index is 6.01.